The molecule has 1 N–H and O–H groups in total. The van der Waals surface area contributed by atoms with E-state index in [-0.39, 0.29) is 11.2 Å². The van der Waals surface area contributed by atoms with Crippen LogP contribution in [0, 0.1) is 0 Å². The van der Waals surface area contributed by atoms with Gasteiger partial charge in [-0.25, -0.2) is 4.39 Å². The Morgan fingerprint density at radius 3 is 2.38 bits per heavy atom. The third kappa shape index (κ3) is 7.14. The lowest BCUT2D eigenvalue weighted by Gasteiger charge is -2.19. The Morgan fingerprint density at radius 2 is 1.86 bits per heavy atom. The molecular formula is C18H23ClFN. The first-order valence-electron chi connectivity index (χ1n) is 6.99. The first-order chi connectivity index (χ1) is 9.79. The molecule has 0 fully saturated rings. The first-order valence-corrected chi connectivity index (χ1v) is 7.37. The van der Waals surface area contributed by atoms with E-state index in [0.29, 0.717) is 11.6 Å². The van der Waals surface area contributed by atoms with Crippen molar-refractivity contribution in [2.24, 2.45) is 0 Å². The fourth-order valence-electron chi connectivity index (χ4n) is 1.73. The van der Waals surface area contributed by atoms with Gasteiger partial charge in [0.05, 0.1) is 5.83 Å². The maximum Gasteiger partial charge on any atom is 0.0983 e. The molecule has 0 atom stereocenters. The minimum Gasteiger partial charge on any atom is -0.382 e. The van der Waals surface area contributed by atoms with Crippen LogP contribution < -0.4 is 5.32 Å². The highest BCUT2D eigenvalue weighted by Gasteiger charge is 2.12. The Hall–Kier alpha value is -1.54. The molecule has 0 saturated heterocycles. The van der Waals surface area contributed by atoms with Crippen LogP contribution in [0.5, 0.6) is 0 Å². The maximum absolute atomic E-state index is 12.6. The van der Waals surface area contributed by atoms with Crippen molar-refractivity contribution in [2.75, 3.05) is 11.9 Å². The Bertz CT molecular complexity index is 529. The predicted octanol–water partition coefficient (Wildman–Crippen LogP) is 5.95. The van der Waals surface area contributed by atoms with Crippen LogP contribution >= 0.6 is 11.6 Å². The highest BCUT2D eigenvalue weighted by molar-refractivity contribution is 6.31. The van der Waals surface area contributed by atoms with Gasteiger partial charge in [0.25, 0.3) is 0 Å². The van der Waals surface area contributed by atoms with E-state index in [4.69, 9.17) is 11.6 Å². The van der Waals surface area contributed by atoms with E-state index in [1.165, 1.54) is 18.6 Å². The van der Waals surface area contributed by atoms with Crippen molar-refractivity contribution in [3.05, 3.63) is 65.0 Å². The Labute approximate surface area is 132 Å². The molecule has 0 saturated carbocycles. The first kappa shape index (κ1) is 17.5. The van der Waals surface area contributed by atoms with Gasteiger partial charge in [0.1, 0.15) is 0 Å². The summed E-state index contributed by atoms with van der Waals surface area (Å²) in [4.78, 5) is 0. The minimum absolute atomic E-state index is 0.169. The fraction of sp³-hybridized carbons (Fsp3) is 0.333. The quantitative estimate of drug-likeness (QED) is 0.663. The highest BCUT2D eigenvalue weighted by Crippen LogP contribution is 2.23. The lowest BCUT2D eigenvalue weighted by Crippen LogP contribution is -2.10. The van der Waals surface area contributed by atoms with Crippen molar-refractivity contribution in [1.82, 2.24) is 0 Å². The predicted molar refractivity (Wildman–Crippen MR) is 91.6 cm³/mol. The zero-order chi connectivity index (χ0) is 15.9. The summed E-state index contributed by atoms with van der Waals surface area (Å²) in [5, 5.41) is 3.66. The van der Waals surface area contributed by atoms with E-state index in [1.807, 2.05) is 6.08 Å². The molecule has 0 amide bonds. The van der Waals surface area contributed by atoms with Crippen molar-refractivity contribution < 1.29 is 4.39 Å². The molecule has 0 spiro atoms. The standard InChI is InChI=1S/C18H23ClFN/c1-14(20)13-16(19)7-5-6-12-21-17-10-8-15(9-11-17)18(2,3)4/h5-11,13,21H,12H2,1-4H3/b6-5+,14-13+,16-7+. The summed E-state index contributed by atoms with van der Waals surface area (Å²) in [6, 6.07) is 8.42. The van der Waals surface area contributed by atoms with Crippen LogP contribution in [0.2, 0.25) is 0 Å². The number of hydrogen-bond donors (Lipinski definition) is 1. The molecular weight excluding hydrogens is 285 g/mol. The zero-order valence-electron chi connectivity index (χ0n) is 13.1. The summed E-state index contributed by atoms with van der Waals surface area (Å²) in [7, 11) is 0. The second-order valence-electron chi connectivity index (χ2n) is 5.92. The molecule has 0 aliphatic carbocycles. The van der Waals surface area contributed by atoms with Crippen LogP contribution in [0.15, 0.2) is 59.4 Å². The van der Waals surface area contributed by atoms with Gasteiger partial charge in [-0.05, 0) is 42.2 Å². The van der Waals surface area contributed by atoms with Crippen LogP contribution in [0.3, 0.4) is 0 Å². The van der Waals surface area contributed by atoms with E-state index in [1.54, 1.807) is 12.2 Å². The summed E-state index contributed by atoms with van der Waals surface area (Å²) in [6.07, 6.45) is 6.68. The number of anilines is 1. The number of nitrogens with one attached hydrogen (secondary N) is 1. The molecule has 114 valence electrons. The van der Waals surface area contributed by atoms with Crippen LogP contribution in [-0.4, -0.2) is 6.54 Å². The molecule has 3 heteroatoms. The van der Waals surface area contributed by atoms with Gasteiger partial charge in [-0.15, -0.1) is 0 Å². The molecule has 1 nitrogen and oxygen atoms in total. The van der Waals surface area contributed by atoms with Gasteiger partial charge >= 0.3 is 0 Å². The third-order valence-corrected chi connectivity index (χ3v) is 3.14. The lowest BCUT2D eigenvalue weighted by molar-refractivity contribution is 0.590. The van der Waals surface area contributed by atoms with Crippen molar-refractivity contribution in [3.63, 3.8) is 0 Å². The Kier molecular flexibility index (Phi) is 6.70. The van der Waals surface area contributed by atoms with E-state index in [9.17, 15) is 4.39 Å². The van der Waals surface area contributed by atoms with E-state index in [0.717, 1.165) is 5.69 Å². The second kappa shape index (κ2) is 8.04. The van der Waals surface area contributed by atoms with Gasteiger partial charge in [0.15, 0.2) is 0 Å². The van der Waals surface area contributed by atoms with Crippen molar-refractivity contribution in [1.29, 1.82) is 0 Å². The fourth-order valence-corrected chi connectivity index (χ4v) is 1.95. The molecule has 0 heterocycles. The molecule has 1 rings (SSSR count). The zero-order valence-corrected chi connectivity index (χ0v) is 13.8. The van der Waals surface area contributed by atoms with E-state index < -0.39 is 0 Å². The molecule has 0 unspecified atom stereocenters. The molecule has 1 aromatic carbocycles. The largest absolute Gasteiger partial charge is 0.382 e. The molecule has 0 aliphatic rings. The van der Waals surface area contributed by atoms with Gasteiger partial charge in [0, 0.05) is 17.3 Å². The third-order valence-electron chi connectivity index (χ3n) is 2.90. The van der Waals surface area contributed by atoms with Crippen LogP contribution in [0.4, 0.5) is 10.1 Å². The Morgan fingerprint density at radius 1 is 1.24 bits per heavy atom. The molecule has 0 radical (unpaired) electrons. The van der Waals surface area contributed by atoms with Crippen molar-refractivity contribution in [3.8, 4) is 0 Å². The molecule has 21 heavy (non-hydrogen) atoms. The summed E-state index contributed by atoms with van der Waals surface area (Å²) < 4.78 is 12.6. The van der Waals surface area contributed by atoms with Gasteiger partial charge in [-0.1, -0.05) is 56.7 Å². The number of allylic oxidation sites excluding steroid dienone is 5. The minimum atomic E-state index is -0.304. The molecule has 1 aromatic rings. The molecule has 0 bridgehead atoms. The van der Waals surface area contributed by atoms with Crippen LogP contribution in [0.25, 0.3) is 0 Å². The van der Waals surface area contributed by atoms with Gasteiger partial charge in [-0.2, -0.15) is 0 Å². The molecule has 0 aliphatic heterocycles. The maximum atomic E-state index is 12.6. The number of benzene rings is 1. The highest BCUT2D eigenvalue weighted by atomic mass is 35.5. The summed E-state index contributed by atoms with van der Waals surface area (Å²) in [5.74, 6) is -0.304. The SMILES string of the molecule is C\C(F)=C/C(Cl)=C\C=C\CNc1ccc(C(C)(C)C)cc1. The average Bonchev–Trinajstić information content (AvgIpc) is 2.37. The monoisotopic (exact) mass is 307 g/mol. The normalized spacial score (nSPS) is 13.8. The van der Waals surface area contributed by atoms with E-state index in [2.05, 4.69) is 50.4 Å². The van der Waals surface area contributed by atoms with E-state index >= 15 is 0 Å². The summed E-state index contributed by atoms with van der Waals surface area (Å²) >= 11 is 5.80. The number of rotatable bonds is 5. The number of halogens is 2. The van der Waals surface area contributed by atoms with Gasteiger partial charge in [-0.3, -0.25) is 0 Å². The second-order valence-corrected chi connectivity index (χ2v) is 6.36. The van der Waals surface area contributed by atoms with Crippen molar-refractivity contribution >= 4 is 17.3 Å². The molecule has 0 aromatic heterocycles. The number of hydrogen-bond acceptors (Lipinski definition) is 1. The smallest absolute Gasteiger partial charge is 0.0983 e. The van der Waals surface area contributed by atoms with Gasteiger partial charge in [0.2, 0.25) is 0 Å². The van der Waals surface area contributed by atoms with Crippen LogP contribution in [0.1, 0.15) is 33.3 Å². The Balaban J connectivity index is 2.48. The van der Waals surface area contributed by atoms with Crippen LogP contribution in [-0.2, 0) is 5.41 Å². The van der Waals surface area contributed by atoms with Crippen molar-refractivity contribution in [2.45, 2.75) is 33.1 Å². The summed E-state index contributed by atoms with van der Waals surface area (Å²) in [5.41, 5.74) is 2.55. The lowest BCUT2D eigenvalue weighted by atomic mass is 9.87. The average molecular weight is 308 g/mol. The van der Waals surface area contributed by atoms with Gasteiger partial charge < -0.3 is 5.32 Å². The summed E-state index contributed by atoms with van der Waals surface area (Å²) in [6.45, 7) is 8.64. The topological polar surface area (TPSA) is 12.0 Å².